The van der Waals surface area contributed by atoms with E-state index in [0.29, 0.717) is 6.07 Å². The summed E-state index contributed by atoms with van der Waals surface area (Å²) in [7, 11) is -4.52. The van der Waals surface area contributed by atoms with Crippen molar-refractivity contribution < 1.29 is 30.7 Å². The lowest BCUT2D eigenvalue weighted by atomic mass is 10.2. The molecule has 0 aliphatic carbocycles. The summed E-state index contributed by atoms with van der Waals surface area (Å²) in [5.41, 5.74) is -1.63. The van der Waals surface area contributed by atoms with E-state index in [0.717, 1.165) is 11.6 Å². The van der Waals surface area contributed by atoms with Gasteiger partial charge in [-0.2, -0.15) is 21.6 Å². The molecule has 0 heterocycles. The molecule has 0 spiro atoms. The van der Waals surface area contributed by atoms with Crippen LogP contribution in [0.3, 0.4) is 0 Å². The Hall–Kier alpha value is -2.62. The van der Waals surface area contributed by atoms with E-state index in [1.807, 2.05) is 0 Å². The highest BCUT2D eigenvalue weighted by Gasteiger charge is 2.37. The average molecular weight is 361 g/mol. The van der Waals surface area contributed by atoms with Crippen molar-refractivity contribution in [1.82, 2.24) is 0 Å². The summed E-state index contributed by atoms with van der Waals surface area (Å²) in [6, 6.07) is 6.84. The summed E-state index contributed by atoms with van der Waals surface area (Å²) >= 11 is 0. The van der Waals surface area contributed by atoms with E-state index in [1.165, 1.54) is 24.3 Å². The Kier molecular flexibility index (Phi) is 4.52. The van der Waals surface area contributed by atoms with Gasteiger partial charge in [-0.15, -0.1) is 0 Å². The number of non-ortho nitro benzene ring substituents is 1. The van der Waals surface area contributed by atoms with Gasteiger partial charge in [0.15, 0.2) is 5.75 Å². The molecule has 0 radical (unpaired) electrons. The average Bonchev–Trinajstić information content (AvgIpc) is 2.46. The van der Waals surface area contributed by atoms with Crippen LogP contribution in [0.4, 0.5) is 18.9 Å². The van der Waals surface area contributed by atoms with Crippen molar-refractivity contribution in [3.63, 3.8) is 0 Å². The highest BCUT2D eigenvalue weighted by molar-refractivity contribution is 7.87. The Morgan fingerprint density at radius 1 is 1.08 bits per heavy atom. The zero-order valence-corrected chi connectivity index (χ0v) is 12.9. The summed E-state index contributed by atoms with van der Waals surface area (Å²) in [5, 5.41) is 10.6. The van der Waals surface area contributed by atoms with Crippen LogP contribution in [0.25, 0.3) is 0 Å². The molecule has 0 aliphatic rings. The number of benzene rings is 2. The van der Waals surface area contributed by atoms with E-state index in [4.69, 9.17) is 0 Å². The molecule has 0 aromatic heterocycles. The molecule has 2 rings (SSSR count). The molecule has 0 atom stereocenters. The van der Waals surface area contributed by atoms with Crippen molar-refractivity contribution in [2.45, 2.75) is 18.0 Å². The summed E-state index contributed by atoms with van der Waals surface area (Å²) in [6.45, 7) is 1.70. The Morgan fingerprint density at radius 3 is 2.17 bits per heavy atom. The molecular formula is C14H10F3NO5S. The lowest BCUT2D eigenvalue weighted by Gasteiger charge is -2.13. The van der Waals surface area contributed by atoms with Crippen LogP contribution >= 0.6 is 0 Å². The molecule has 0 unspecified atom stereocenters. The largest absolute Gasteiger partial charge is 0.420 e. The first-order valence-electron chi connectivity index (χ1n) is 6.37. The first-order valence-corrected chi connectivity index (χ1v) is 7.78. The molecule has 0 bridgehead atoms. The molecule has 2 aromatic rings. The normalized spacial score (nSPS) is 12.0. The van der Waals surface area contributed by atoms with Crippen LogP contribution in [0.5, 0.6) is 5.75 Å². The smallest absolute Gasteiger partial charge is 0.378 e. The highest BCUT2D eigenvalue weighted by Crippen LogP contribution is 2.39. The number of halogens is 3. The van der Waals surface area contributed by atoms with Gasteiger partial charge in [-0.3, -0.25) is 10.1 Å². The molecular weight excluding hydrogens is 351 g/mol. The summed E-state index contributed by atoms with van der Waals surface area (Å²) in [5.74, 6) is -1.03. The van der Waals surface area contributed by atoms with Crippen LogP contribution in [-0.4, -0.2) is 13.3 Å². The van der Waals surface area contributed by atoms with Gasteiger partial charge in [0.1, 0.15) is 10.5 Å². The Morgan fingerprint density at radius 2 is 1.67 bits per heavy atom. The minimum atomic E-state index is -5.02. The van der Waals surface area contributed by atoms with Gasteiger partial charge in [-0.1, -0.05) is 17.7 Å². The van der Waals surface area contributed by atoms with Crippen LogP contribution in [0.2, 0.25) is 0 Å². The topological polar surface area (TPSA) is 86.5 Å². The molecule has 24 heavy (non-hydrogen) atoms. The lowest BCUT2D eigenvalue weighted by Crippen LogP contribution is -2.14. The second-order valence-electron chi connectivity index (χ2n) is 4.79. The number of hydrogen-bond acceptors (Lipinski definition) is 5. The second kappa shape index (κ2) is 6.11. The maximum Gasteiger partial charge on any atom is 0.420 e. The molecule has 128 valence electrons. The van der Waals surface area contributed by atoms with Crippen molar-refractivity contribution in [1.29, 1.82) is 0 Å². The van der Waals surface area contributed by atoms with Crippen LogP contribution in [0.1, 0.15) is 11.1 Å². The molecule has 10 heteroatoms. The first kappa shape index (κ1) is 17.7. The fourth-order valence-corrected chi connectivity index (χ4v) is 2.74. The number of nitrogens with zero attached hydrogens (tertiary/aromatic N) is 1. The van der Waals surface area contributed by atoms with Crippen molar-refractivity contribution in [3.05, 3.63) is 63.7 Å². The van der Waals surface area contributed by atoms with Gasteiger partial charge in [0.25, 0.3) is 5.69 Å². The Balaban J connectivity index is 2.49. The number of rotatable bonds is 4. The fraction of sp³-hybridized carbons (Fsp3) is 0.143. The van der Waals surface area contributed by atoms with Crippen LogP contribution in [0, 0.1) is 17.0 Å². The van der Waals surface area contributed by atoms with Crippen molar-refractivity contribution in [2.24, 2.45) is 0 Å². The minimum Gasteiger partial charge on any atom is -0.378 e. The molecule has 6 nitrogen and oxygen atoms in total. The molecule has 0 amide bonds. The van der Waals surface area contributed by atoms with Gasteiger partial charge < -0.3 is 4.18 Å². The van der Waals surface area contributed by atoms with Gasteiger partial charge in [-0.25, -0.2) is 0 Å². The quantitative estimate of drug-likeness (QED) is 0.471. The molecule has 0 saturated heterocycles. The number of hydrogen-bond donors (Lipinski definition) is 0. The van der Waals surface area contributed by atoms with E-state index < -0.39 is 38.2 Å². The van der Waals surface area contributed by atoms with Crippen molar-refractivity contribution in [2.75, 3.05) is 0 Å². The van der Waals surface area contributed by atoms with E-state index in [-0.39, 0.29) is 11.0 Å². The monoisotopic (exact) mass is 361 g/mol. The third-order valence-electron chi connectivity index (χ3n) is 2.99. The van der Waals surface area contributed by atoms with Gasteiger partial charge in [-0.05, 0) is 25.1 Å². The number of alkyl halides is 3. The summed E-state index contributed by atoms with van der Waals surface area (Å²) in [6.07, 6.45) is -5.02. The zero-order valence-electron chi connectivity index (χ0n) is 12.1. The van der Waals surface area contributed by atoms with Crippen molar-refractivity contribution >= 4 is 15.8 Å². The standard InChI is InChI=1S/C14H10F3NO5S/c1-9-2-5-11(6-3-9)24(21,22)23-13-7-4-10(18(19)20)8-12(13)14(15,16)17/h2-8H,1H3. The molecule has 0 fully saturated rings. The van der Waals surface area contributed by atoms with E-state index in [1.54, 1.807) is 6.92 Å². The van der Waals surface area contributed by atoms with Crippen molar-refractivity contribution in [3.8, 4) is 5.75 Å². The van der Waals surface area contributed by atoms with E-state index in [2.05, 4.69) is 4.18 Å². The van der Waals surface area contributed by atoms with E-state index >= 15 is 0 Å². The predicted octanol–water partition coefficient (Wildman–Crippen LogP) is 3.69. The first-order chi connectivity index (χ1) is 11.0. The predicted molar refractivity (Wildman–Crippen MR) is 77.1 cm³/mol. The van der Waals surface area contributed by atoms with Gasteiger partial charge in [0, 0.05) is 12.1 Å². The summed E-state index contributed by atoms with van der Waals surface area (Å²) < 4.78 is 67.8. The number of nitro groups is 1. The van der Waals surface area contributed by atoms with Gasteiger partial charge in [0.2, 0.25) is 0 Å². The highest BCUT2D eigenvalue weighted by atomic mass is 32.2. The molecule has 2 aromatic carbocycles. The lowest BCUT2D eigenvalue weighted by molar-refractivity contribution is -0.385. The molecule has 0 aliphatic heterocycles. The fourth-order valence-electron chi connectivity index (χ4n) is 1.80. The maximum atomic E-state index is 13.0. The van der Waals surface area contributed by atoms with Crippen LogP contribution in [0.15, 0.2) is 47.4 Å². The van der Waals surface area contributed by atoms with Gasteiger partial charge >= 0.3 is 16.3 Å². The second-order valence-corrected chi connectivity index (χ2v) is 6.33. The molecule has 0 N–H and O–H groups in total. The molecule has 0 saturated carbocycles. The number of aryl methyl sites for hydroxylation is 1. The SMILES string of the molecule is Cc1ccc(S(=O)(=O)Oc2ccc([N+](=O)[O-])cc2C(F)(F)F)cc1. The van der Waals surface area contributed by atoms with E-state index in [9.17, 15) is 31.7 Å². The van der Waals surface area contributed by atoms with Gasteiger partial charge in [0.05, 0.1) is 4.92 Å². The minimum absolute atomic E-state index is 0.222. The Labute approximate surface area is 134 Å². The summed E-state index contributed by atoms with van der Waals surface area (Å²) in [4.78, 5) is 9.26. The Bertz CT molecular complexity index is 876. The third kappa shape index (κ3) is 3.82. The van der Waals surface area contributed by atoms with Crippen LogP contribution in [-0.2, 0) is 16.3 Å². The van der Waals surface area contributed by atoms with Crippen LogP contribution < -0.4 is 4.18 Å². The number of nitro benzene ring substituents is 1. The maximum absolute atomic E-state index is 13.0. The third-order valence-corrected chi connectivity index (χ3v) is 4.24. The zero-order chi connectivity index (χ0) is 18.1.